The first-order valence-corrected chi connectivity index (χ1v) is 8.89. The molecule has 0 fully saturated rings. The van der Waals surface area contributed by atoms with Gasteiger partial charge in [-0.2, -0.15) is 5.26 Å². The van der Waals surface area contributed by atoms with Crippen molar-refractivity contribution in [2.45, 2.75) is 32.9 Å². The molecule has 5 heteroatoms. The SMILES string of the molecule is CCc1ccc(C(C)NC(=O)/C(C#N)=C\NCc2ccccc2Cl)cc1. The van der Waals surface area contributed by atoms with Gasteiger partial charge in [-0.1, -0.05) is 61.0 Å². The summed E-state index contributed by atoms with van der Waals surface area (Å²) in [6.45, 7) is 4.43. The van der Waals surface area contributed by atoms with Gasteiger partial charge in [-0.15, -0.1) is 0 Å². The maximum atomic E-state index is 12.3. The van der Waals surface area contributed by atoms with Crippen molar-refractivity contribution in [3.05, 3.63) is 82.0 Å². The normalized spacial score (nSPS) is 12.2. The highest BCUT2D eigenvalue weighted by molar-refractivity contribution is 6.31. The van der Waals surface area contributed by atoms with Crippen molar-refractivity contribution >= 4 is 17.5 Å². The zero-order valence-electron chi connectivity index (χ0n) is 14.9. The maximum Gasteiger partial charge on any atom is 0.263 e. The number of amides is 1. The summed E-state index contributed by atoms with van der Waals surface area (Å²) in [5.74, 6) is -0.411. The Bertz CT molecular complexity index is 822. The summed E-state index contributed by atoms with van der Waals surface area (Å²) in [6, 6.07) is 17.2. The van der Waals surface area contributed by atoms with E-state index in [2.05, 4.69) is 17.6 Å². The monoisotopic (exact) mass is 367 g/mol. The van der Waals surface area contributed by atoms with E-state index in [1.807, 2.05) is 55.5 Å². The minimum absolute atomic E-state index is 0.0223. The summed E-state index contributed by atoms with van der Waals surface area (Å²) in [7, 11) is 0. The fourth-order valence-electron chi connectivity index (χ4n) is 2.45. The van der Waals surface area contributed by atoms with Gasteiger partial charge < -0.3 is 10.6 Å². The van der Waals surface area contributed by atoms with Crippen molar-refractivity contribution in [2.24, 2.45) is 0 Å². The lowest BCUT2D eigenvalue weighted by molar-refractivity contribution is -0.117. The van der Waals surface area contributed by atoms with Gasteiger partial charge in [-0.3, -0.25) is 4.79 Å². The molecule has 2 aromatic rings. The lowest BCUT2D eigenvalue weighted by Gasteiger charge is -2.14. The molecule has 0 aliphatic carbocycles. The molecule has 4 nitrogen and oxygen atoms in total. The van der Waals surface area contributed by atoms with Gasteiger partial charge in [0.25, 0.3) is 5.91 Å². The molecule has 0 aliphatic rings. The number of hydrogen-bond acceptors (Lipinski definition) is 3. The summed E-state index contributed by atoms with van der Waals surface area (Å²) in [5, 5.41) is 15.7. The number of nitrogens with zero attached hydrogens (tertiary/aromatic N) is 1. The Morgan fingerprint density at radius 2 is 1.92 bits per heavy atom. The first-order chi connectivity index (χ1) is 12.5. The van der Waals surface area contributed by atoms with Gasteiger partial charge in [0.05, 0.1) is 6.04 Å². The van der Waals surface area contributed by atoms with Crippen LogP contribution in [0.15, 0.2) is 60.3 Å². The number of hydrogen-bond donors (Lipinski definition) is 2. The van der Waals surface area contributed by atoms with Gasteiger partial charge in [0, 0.05) is 17.8 Å². The van der Waals surface area contributed by atoms with Crippen LogP contribution in [0.1, 0.15) is 36.6 Å². The Morgan fingerprint density at radius 1 is 1.23 bits per heavy atom. The molecule has 0 aromatic heterocycles. The molecule has 0 aliphatic heterocycles. The van der Waals surface area contributed by atoms with Crippen LogP contribution >= 0.6 is 11.6 Å². The van der Waals surface area contributed by atoms with Gasteiger partial charge in [-0.25, -0.2) is 0 Å². The molecule has 0 saturated heterocycles. The van der Waals surface area contributed by atoms with Crippen molar-refractivity contribution in [1.29, 1.82) is 5.26 Å². The summed E-state index contributed by atoms with van der Waals surface area (Å²) in [5.41, 5.74) is 3.16. The fourth-order valence-corrected chi connectivity index (χ4v) is 2.66. The van der Waals surface area contributed by atoms with Crippen LogP contribution in [0.3, 0.4) is 0 Å². The lowest BCUT2D eigenvalue weighted by Crippen LogP contribution is -2.28. The molecule has 2 rings (SSSR count). The Kier molecular flexibility index (Phi) is 7.25. The standard InChI is InChI=1S/C21H22ClN3O/c1-3-16-8-10-17(11-9-16)15(2)25-21(26)19(12-23)14-24-13-18-6-4-5-7-20(18)22/h4-11,14-15,24H,3,13H2,1-2H3,(H,25,26)/b19-14-. The smallest absolute Gasteiger partial charge is 0.263 e. The molecule has 2 aromatic carbocycles. The van der Waals surface area contributed by atoms with E-state index in [1.165, 1.54) is 11.8 Å². The first kappa shape index (κ1) is 19.6. The third kappa shape index (κ3) is 5.37. The zero-order chi connectivity index (χ0) is 18.9. The highest BCUT2D eigenvalue weighted by Crippen LogP contribution is 2.15. The van der Waals surface area contributed by atoms with Crippen LogP contribution in [0.5, 0.6) is 0 Å². The average Bonchev–Trinajstić information content (AvgIpc) is 2.66. The van der Waals surface area contributed by atoms with E-state index in [9.17, 15) is 10.1 Å². The molecule has 0 radical (unpaired) electrons. The maximum absolute atomic E-state index is 12.3. The van der Waals surface area contributed by atoms with E-state index in [-0.39, 0.29) is 11.6 Å². The second-order valence-electron chi connectivity index (χ2n) is 5.93. The van der Waals surface area contributed by atoms with Gasteiger partial charge in [0.2, 0.25) is 0 Å². The molecule has 1 unspecified atom stereocenters. The predicted octanol–water partition coefficient (Wildman–Crippen LogP) is 4.28. The number of aryl methyl sites for hydroxylation is 1. The molecular formula is C21H22ClN3O. The quantitative estimate of drug-likeness (QED) is 0.567. The third-order valence-electron chi connectivity index (χ3n) is 4.10. The fraction of sp³-hybridized carbons (Fsp3) is 0.238. The van der Waals surface area contributed by atoms with Gasteiger partial charge in [0.15, 0.2) is 0 Å². The summed E-state index contributed by atoms with van der Waals surface area (Å²) >= 11 is 6.09. The van der Waals surface area contributed by atoms with Crippen LogP contribution in [-0.2, 0) is 17.8 Å². The molecule has 1 amide bonds. The lowest BCUT2D eigenvalue weighted by atomic mass is 10.0. The van der Waals surface area contributed by atoms with Crippen LogP contribution < -0.4 is 10.6 Å². The van der Waals surface area contributed by atoms with E-state index < -0.39 is 5.91 Å². The van der Waals surface area contributed by atoms with E-state index >= 15 is 0 Å². The molecule has 0 saturated carbocycles. The number of rotatable bonds is 7. The van der Waals surface area contributed by atoms with E-state index in [1.54, 1.807) is 6.07 Å². The Labute approximate surface area is 159 Å². The van der Waals surface area contributed by atoms with Crippen molar-refractivity contribution in [3.8, 4) is 6.07 Å². The van der Waals surface area contributed by atoms with Gasteiger partial charge in [-0.05, 0) is 36.1 Å². The number of carbonyl (C=O) groups is 1. The second-order valence-corrected chi connectivity index (χ2v) is 6.34. The van der Waals surface area contributed by atoms with Crippen molar-refractivity contribution < 1.29 is 4.79 Å². The topological polar surface area (TPSA) is 64.9 Å². The van der Waals surface area contributed by atoms with E-state index in [0.29, 0.717) is 11.6 Å². The average molecular weight is 368 g/mol. The highest BCUT2D eigenvalue weighted by atomic mass is 35.5. The minimum Gasteiger partial charge on any atom is -0.386 e. The Balaban J connectivity index is 1.96. The predicted molar refractivity (Wildman–Crippen MR) is 104 cm³/mol. The molecule has 1 atom stereocenters. The molecule has 0 bridgehead atoms. The Hall–Kier alpha value is -2.77. The largest absolute Gasteiger partial charge is 0.386 e. The molecule has 26 heavy (non-hydrogen) atoms. The van der Waals surface area contributed by atoms with Crippen molar-refractivity contribution in [1.82, 2.24) is 10.6 Å². The number of benzene rings is 2. The van der Waals surface area contributed by atoms with Crippen LogP contribution in [0.4, 0.5) is 0 Å². The third-order valence-corrected chi connectivity index (χ3v) is 4.47. The number of nitriles is 1. The zero-order valence-corrected chi connectivity index (χ0v) is 15.7. The van der Waals surface area contributed by atoms with Crippen LogP contribution in [-0.4, -0.2) is 5.91 Å². The van der Waals surface area contributed by atoms with Crippen molar-refractivity contribution in [2.75, 3.05) is 0 Å². The summed E-state index contributed by atoms with van der Waals surface area (Å²) < 4.78 is 0. The number of carbonyl (C=O) groups excluding carboxylic acids is 1. The molecule has 0 spiro atoms. The Morgan fingerprint density at radius 3 is 2.54 bits per heavy atom. The molecule has 2 N–H and O–H groups in total. The van der Waals surface area contributed by atoms with Gasteiger partial charge >= 0.3 is 0 Å². The van der Waals surface area contributed by atoms with Crippen molar-refractivity contribution in [3.63, 3.8) is 0 Å². The number of nitrogens with one attached hydrogen (secondary N) is 2. The van der Waals surface area contributed by atoms with Crippen LogP contribution in [0.2, 0.25) is 5.02 Å². The van der Waals surface area contributed by atoms with Gasteiger partial charge in [0.1, 0.15) is 11.6 Å². The molecule has 134 valence electrons. The molecular weight excluding hydrogens is 346 g/mol. The number of halogens is 1. The first-order valence-electron chi connectivity index (χ1n) is 8.52. The van der Waals surface area contributed by atoms with E-state index in [4.69, 9.17) is 11.6 Å². The minimum atomic E-state index is -0.411. The molecule has 0 heterocycles. The van der Waals surface area contributed by atoms with Crippen LogP contribution in [0, 0.1) is 11.3 Å². The summed E-state index contributed by atoms with van der Waals surface area (Å²) in [4.78, 5) is 12.3. The van der Waals surface area contributed by atoms with E-state index in [0.717, 1.165) is 17.5 Å². The highest BCUT2D eigenvalue weighted by Gasteiger charge is 2.13. The summed E-state index contributed by atoms with van der Waals surface area (Å²) in [6.07, 6.45) is 2.39. The van der Waals surface area contributed by atoms with Crippen LogP contribution in [0.25, 0.3) is 0 Å². The second kappa shape index (κ2) is 9.65.